The third kappa shape index (κ3) is 4.70. The normalized spacial score (nSPS) is 13.7. The molecule has 0 aliphatic carbocycles. The lowest BCUT2D eigenvalue weighted by Gasteiger charge is -2.35. The van der Waals surface area contributed by atoms with Gasteiger partial charge in [0.05, 0.1) is 23.0 Å². The standard InChI is InChI=1S/C23H19ClF2N4O2/c24-15-5-7-18(20(26)13-15)23(32)30-11-9-29(10-12-30)21-8-6-16(14-27-21)28-22(31)17-3-1-2-4-19(17)25/h1-8,13-14H,9-12H2,(H,28,31). The summed E-state index contributed by atoms with van der Waals surface area (Å²) in [4.78, 5) is 32.8. The number of pyridine rings is 1. The monoisotopic (exact) mass is 456 g/mol. The number of piperazine rings is 1. The van der Waals surface area contributed by atoms with E-state index in [4.69, 9.17) is 11.6 Å². The molecule has 1 saturated heterocycles. The number of rotatable bonds is 4. The molecule has 4 rings (SSSR count). The smallest absolute Gasteiger partial charge is 0.258 e. The summed E-state index contributed by atoms with van der Waals surface area (Å²) in [6.45, 7) is 1.87. The van der Waals surface area contributed by atoms with Crippen LogP contribution in [0.1, 0.15) is 20.7 Å². The Morgan fingerprint density at radius 3 is 2.31 bits per heavy atom. The van der Waals surface area contributed by atoms with Crippen LogP contribution in [-0.4, -0.2) is 47.9 Å². The van der Waals surface area contributed by atoms with Gasteiger partial charge < -0.3 is 15.1 Å². The third-order valence-corrected chi connectivity index (χ3v) is 5.41. The van der Waals surface area contributed by atoms with Gasteiger partial charge >= 0.3 is 0 Å². The maximum Gasteiger partial charge on any atom is 0.258 e. The quantitative estimate of drug-likeness (QED) is 0.638. The van der Waals surface area contributed by atoms with Crippen molar-refractivity contribution in [2.24, 2.45) is 0 Å². The maximum atomic E-state index is 14.1. The van der Waals surface area contributed by atoms with Gasteiger partial charge in [0.1, 0.15) is 17.5 Å². The molecule has 0 spiro atoms. The molecule has 3 aromatic rings. The largest absolute Gasteiger partial charge is 0.353 e. The number of aromatic nitrogens is 1. The zero-order valence-electron chi connectivity index (χ0n) is 16.9. The molecule has 32 heavy (non-hydrogen) atoms. The van der Waals surface area contributed by atoms with Crippen LogP contribution < -0.4 is 10.2 Å². The number of anilines is 2. The van der Waals surface area contributed by atoms with Crippen molar-refractivity contribution >= 4 is 34.9 Å². The van der Waals surface area contributed by atoms with Gasteiger partial charge in [0.25, 0.3) is 11.8 Å². The molecule has 6 nitrogen and oxygen atoms in total. The summed E-state index contributed by atoms with van der Waals surface area (Å²) in [5.41, 5.74) is 0.388. The molecule has 0 atom stereocenters. The molecule has 1 aliphatic rings. The average molecular weight is 457 g/mol. The summed E-state index contributed by atoms with van der Waals surface area (Å²) >= 11 is 5.75. The van der Waals surface area contributed by atoms with Crippen molar-refractivity contribution in [2.75, 3.05) is 36.4 Å². The van der Waals surface area contributed by atoms with E-state index in [1.54, 1.807) is 23.1 Å². The van der Waals surface area contributed by atoms with Crippen LogP contribution in [-0.2, 0) is 0 Å². The lowest BCUT2D eigenvalue weighted by Crippen LogP contribution is -2.49. The van der Waals surface area contributed by atoms with Crippen LogP contribution in [0.3, 0.4) is 0 Å². The summed E-state index contributed by atoms with van der Waals surface area (Å²) in [6, 6.07) is 13.2. The van der Waals surface area contributed by atoms with Crippen molar-refractivity contribution in [3.05, 3.63) is 88.6 Å². The van der Waals surface area contributed by atoms with Crippen molar-refractivity contribution in [2.45, 2.75) is 0 Å². The molecule has 0 bridgehead atoms. The molecule has 1 aliphatic heterocycles. The zero-order chi connectivity index (χ0) is 22.7. The van der Waals surface area contributed by atoms with E-state index >= 15 is 0 Å². The van der Waals surface area contributed by atoms with Gasteiger partial charge in [-0.2, -0.15) is 0 Å². The number of hydrogen-bond donors (Lipinski definition) is 1. The number of benzene rings is 2. The first kappa shape index (κ1) is 21.7. The molecular formula is C23H19ClF2N4O2. The van der Waals surface area contributed by atoms with Gasteiger partial charge in [-0.3, -0.25) is 9.59 Å². The van der Waals surface area contributed by atoms with E-state index in [-0.39, 0.29) is 22.1 Å². The predicted octanol–water partition coefficient (Wildman–Crippen LogP) is 4.23. The minimum atomic E-state index is -0.639. The van der Waals surface area contributed by atoms with Crippen LogP contribution in [0.5, 0.6) is 0 Å². The van der Waals surface area contributed by atoms with Crippen LogP contribution >= 0.6 is 11.6 Å². The fourth-order valence-corrected chi connectivity index (χ4v) is 3.62. The first-order chi connectivity index (χ1) is 15.4. The van der Waals surface area contributed by atoms with Crippen LogP contribution in [0.25, 0.3) is 0 Å². The number of nitrogens with zero attached hydrogens (tertiary/aromatic N) is 3. The molecule has 1 aromatic heterocycles. The molecule has 0 saturated carbocycles. The van der Waals surface area contributed by atoms with Gasteiger partial charge in [-0.1, -0.05) is 23.7 Å². The topological polar surface area (TPSA) is 65.5 Å². The molecule has 164 valence electrons. The summed E-state index contributed by atoms with van der Waals surface area (Å²) in [5.74, 6) is -1.49. The number of halogens is 3. The van der Waals surface area contributed by atoms with E-state index in [1.807, 2.05) is 4.90 Å². The number of hydrogen-bond acceptors (Lipinski definition) is 4. The Morgan fingerprint density at radius 1 is 0.906 bits per heavy atom. The average Bonchev–Trinajstić information content (AvgIpc) is 2.79. The fraction of sp³-hybridized carbons (Fsp3) is 0.174. The molecular weight excluding hydrogens is 438 g/mol. The summed E-state index contributed by atoms with van der Waals surface area (Å²) in [6.07, 6.45) is 1.49. The van der Waals surface area contributed by atoms with Gasteiger partial charge in [-0.25, -0.2) is 13.8 Å². The van der Waals surface area contributed by atoms with E-state index in [2.05, 4.69) is 10.3 Å². The van der Waals surface area contributed by atoms with Gasteiger partial charge in [0.2, 0.25) is 0 Å². The highest BCUT2D eigenvalue weighted by molar-refractivity contribution is 6.30. The van der Waals surface area contributed by atoms with Crippen LogP contribution in [0.2, 0.25) is 5.02 Å². The Hall–Kier alpha value is -3.52. The van der Waals surface area contributed by atoms with Gasteiger partial charge in [-0.05, 0) is 42.5 Å². The second kappa shape index (κ2) is 9.32. The Balaban J connectivity index is 1.35. The maximum absolute atomic E-state index is 14.1. The first-order valence-corrected chi connectivity index (χ1v) is 10.3. The molecule has 1 N–H and O–H groups in total. The van der Waals surface area contributed by atoms with Crippen molar-refractivity contribution in [3.63, 3.8) is 0 Å². The molecule has 0 radical (unpaired) electrons. The Bertz CT molecular complexity index is 1150. The molecule has 2 aromatic carbocycles. The molecule has 1 fully saturated rings. The van der Waals surface area contributed by atoms with Gasteiger partial charge in [0, 0.05) is 31.2 Å². The van der Waals surface area contributed by atoms with E-state index in [9.17, 15) is 18.4 Å². The second-order valence-corrected chi connectivity index (χ2v) is 7.68. The highest BCUT2D eigenvalue weighted by Gasteiger charge is 2.25. The van der Waals surface area contributed by atoms with Crippen LogP contribution in [0, 0.1) is 11.6 Å². The number of amides is 2. The van der Waals surface area contributed by atoms with E-state index in [1.165, 1.54) is 36.5 Å². The summed E-state index contributed by atoms with van der Waals surface area (Å²) < 4.78 is 27.8. The van der Waals surface area contributed by atoms with Gasteiger partial charge in [-0.15, -0.1) is 0 Å². The Morgan fingerprint density at radius 2 is 1.66 bits per heavy atom. The highest BCUT2D eigenvalue weighted by atomic mass is 35.5. The summed E-state index contributed by atoms with van der Waals surface area (Å²) in [7, 11) is 0. The van der Waals surface area contributed by atoms with Crippen molar-refractivity contribution < 1.29 is 18.4 Å². The predicted molar refractivity (Wildman–Crippen MR) is 118 cm³/mol. The van der Waals surface area contributed by atoms with Crippen molar-refractivity contribution in [3.8, 4) is 0 Å². The minimum Gasteiger partial charge on any atom is -0.353 e. The SMILES string of the molecule is O=C(Nc1ccc(N2CCN(C(=O)c3ccc(Cl)cc3F)CC2)nc1)c1ccccc1F. The van der Waals surface area contributed by atoms with E-state index in [0.29, 0.717) is 37.7 Å². The molecule has 9 heteroatoms. The van der Waals surface area contributed by atoms with Crippen LogP contribution in [0.15, 0.2) is 60.8 Å². The lowest BCUT2D eigenvalue weighted by atomic mass is 10.1. The van der Waals surface area contributed by atoms with E-state index in [0.717, 1.165) is 6.07 Å². The molecule has 2 heterocycles. The van der Waals surface area contributed by atoms with Crippen LogP contribution in [0.4, 0.5) is 20.3 Å². The number of carbonyl (C=O) groups excluding carboxylic acids is 2. The van der Waals surface area contributed by atoms with E-state index < -0.39 is 17.5 Å². The van der Waals surface area contributed by atoms with Gasteiger partial charge in [0.15, 0.2) is 0 Å². The number of carbonyl (C=O) groups is 2. The first-order valence-electron chi connectivity index (χ1n) is 9.93. The minimum absolute atomic E-state index is 0.00378. The van der Waals surface area contributed by atoms with Crippen molar-refractivity contribution in [1.29, 1.82) is 0 Å². The number of nitrogens with one attached hydrogen (secondary N) is 1. The second-order valence-electron chi connectivity index (χ2n) is 7.24. The lowest BCUT2D eigenvalue weighted by molar-refractivity contribution is 0.0741. The fourth-order valence-electron chi connectivity index (χ4n) is 3.46. The van der Waals surface area contributed by atoms with Crippen molar-refractivity contribution in [1.82, 2.24) is 9.88 Å². The molecule has 0 unspecified atom stereocenters. The Labute approximate surface area is 188 Å². The Kier molecular flexibility index (Phi) is 6.32. The third-order valence-electron chi connectivity index (χ3n) is 5.18. The summed E-state index contributed by atoms with van der Waals surface area (Å²) in [5, 5.41) is 2.86. The highest BCUT2D eigenvalue weighted by Crippen LogP contribution is 2.20. The zero-order valence-corrected chi connectivity index (χ0v) is 17.6. The molecule has 2 amide bonds.